The van der Waals surface area contributed by atoms with Crippen LogP contribution in [-0.2, 0) is 19.3 Å². The lowest BCUT2D eigenvalue weighted by atomic mass is 9.98. The molecule has 0 unspecified atom stereocenters. The van der Waals surface area contributed by atoms with Crippen LogP contribution in [0.1, 0.15) is 68.6 Å². The Morgan fingerprint density at radius 2 is 1.00 bits per heavy atom. The average molecular weight is 442 g/mol. The smallest absolute Gasteiger partial charge is 0.0739 e. The first-order valence-electron chi connectivity index (χ1n) is 12.1. The van der Waals surface area contributed by atoms with Gasteiger partial charge in [-0.2, -0.15) is 4.99 Å². The molecule has 0 amide bonds. The van der Waals surface area contributed by atoms with Crippen molar-refractivity contribution in [3.8, 4) is 11.1 Å². The molecule has 0 saturated carbocycles. The van der Waals surface area contributed by atoms with Crippen molar-refractivity contribution in [3.63, 3.8) is 0 Å². The van der Waals surface area contributed by atoms with Crippen molar-refractivity contribution in [2.75, 3.05) is 0 Å². The second-order valence-corrected chi connectivity index (χ2v) is 8.82. The highest BCUT2D eigenvalue weighted by atomic mass is 32.1. The first-order chi connectivity index (χ1) is 15.8. The summed E-state index contributed by atoms with van der Waals surface area (Å²) in [5.74, 6) is 0. The Morgan fingerprint density at radius 3 is 1.50 bits per heavy atom. The summed E-state index contributed by atoms with van der Waals surface area (Å²) in [6.07, 6.45) is 12.8. The zero-order valence-corrected chi connectivity index (χ0v) is 20.2. The summed E-state index contributed by atoms with van der Waals surface area (Å²) >= 11 is 4.65. The van der Waals surface area contributed by atoms with Gasteiger partial charge in [0, 0.05) is 0 Å². The van der Waals surface area contributed by atoms with Gasteiger partial charge in [0.05, 0.1) is 10.8 Å². The molecule has 0 atom stereocenters. The maximum atomic E-state index is 4.65. The minimum atomic E-state index is 0.863. The summed E-state index contributed by atoms with van der Waals surface area (Å²) in [6.45, 7) is 2.28. The van der Waals surface area contributed by atoms with Gasteiger partial charge in [0.15, 0.2) is 0 Å². The van der Waals surface area contributed by atoms with Gasteiger partial charge in [0.1, 0.15) is 0 Å². The van der Waals surface area contributed by atoms with Crippen LogP contribution in [0.3, 0.4) is 0 Å². The summed E-state index contributed by atoms with van der Waals surface area (Å²) in [7, 11) is 0. The van der Waals surface area contributed by atoms with E-state index in [1.54, 1.807) is 0 Å². The minimum absolute atomic E-state index is 0.863. The van der Waals surface area contributed by atoms with E-state index in [2.05, 4.69) is 90.0 Å². The van der Waals surface area contributed by atoms with Crippen molar-refractivity contribution in [2.24, 2.45) is 4.99 Å². The SMILES string of the molecule is CCCCCCCCCc1ccc(-c2ccc(CCc3ccc(N=C=S)cc3)cc2)cc1. The topological polar surface area (TPSA) is 12.4 Å². The van der Waals surface area contributed by atoms with Crippen LogP contribution in [0.15, 0.2) is 77.8 Å². The molecule has 0 bridgehead atoms. The molecule has 1 nitrogen and oxygen atoms in total. The number of rotatable bonds is 13. The predicted octanol–water partition coefficient (Wildman–Crippen LogP) is 9.17. The normalized spacial score (nSPS) is 10.7. The molecule has 166 valence electrons. The number of nitrogens with zero attached hydrogens (tertiary/aromatic N) is 1. The lowest BCUT2D eigenvalue weighted by Crippen LogP contribution is -1.91. The number of aliphatic imine (C=N–C) groups is 1. The molecule has 3 rings (SSSR count). The molecular formula is C30H35NS. The molecule has 0 heterocycles. The monoisotopic (exact) mass is 441 g/mol. The Morgan fingerprint density at radius 1 is 0.562 bits per heavy atom. The van der Waals surface area contributed by atoms with Crippen molar-refractivity contribution in [2.45, 2.75) is 71.1 Å². The Labute approximate surface area is 199 Å². The molecular weight excluding hydrogens is 406 g/mol. The van der Waals surface area contributed by atoms with Crippen LogP contribution in [-0.4, -0.2) is 5.16 Å². The van der Waals surface area contributed by atoms with Crippen LogP contribution in [0.2, 0.25) is 0 Å². The molecule has 32 heavy (non-hydrogen) atoms. The molecule has 0 radical (unpaired) electrons. The van der Waals surface area contributed by atoms with Gasteiger partial charge in [0.25, 0.3) is 0 Å². The molecule has 0 aliphatic heterocycles. The Kier molecular flexibility index (Phi) is 10.4. The molecule has 0 spiro atoms. The van der Waals surface area contributed by atoms with Crippen LogP contribution < -0.4 is 0 Å². The van der Waals surface area contributed by atoms with E-state index in [1.165, 1.54) is 79.2 Å². The van der Waals surface area contributed by atoms with Gasteiger partial charge in [-0.05, 0) is 77.9 Å². The molecule has 3 aromatic carbocycles. The maximum absolute atomic E-state index is 4.65. The van der Waals surface area contributed by atoms with Gasteiger partial charge in [-0.1, -0.05) is 106 Å². The van der Waals surface area contributed by atoms with Crippen LogP contribution in [0.4, 0.5) is 5.69 Å². The van der Waals surface area contributed by atoms with E-state index in [1.807, 2.05) is 12.1 Å². The maximum Gasteiger partial charge on any atom is 0.0739 e. The van der Waals surface area contributed by atoms with E-state index in [4.69, 9.17) is 0 Å². The van der Waals surface area contributed by atoms with Crippen molar-refractivity contribution in [1.82, 2.24) is 0 Å². The van der Waals surface area contributed by atoms with Crippen LogP contribution in [0.25, 0.3) is 11.1 Å². The summed E-state index contributed by atoms with van der Waals surface area (Å²) < 4.78 is 0. The Balaban J connectivity index is 1.44. The van der Waals surface area contributed by atoms with E-state index in [0.717, 1.165) is 18.5 Å². The van der Waals surface area contributed by atoms with Crippen LogP contribution >= 0.6 is 12.2 Å². The number of hydrogen-bond donors (Lipinski definition) is 0. The molecule has 3 aromatic rings. The third-order valence-corrected chi connectivity index (χ3v) is 6.21. The first kappa shape index (κ1) is 24.1. The van der Waals surface area contributed by atoms with E-state index in [9.17, 15) is 0 Å². The number of hydrogen-bond acceptors (Lipinski definition) is 2. The number of aryl methyl sites for hydroxylation is 3. The molecule has 0 fully saturated rings. The van der Waals surface area contributed by atoms with E-state index in [-0.39, 0.29) is 0 Å². The van der Waals surface area contributed by atoms with Gasteiger partial charge in [-0.3, -0.25) is 0 Å². The Hall–Kier alpha value is -2.54. The van der Waals surface area contributed by atoms with Crippen molar-refractivity contribution in [1.29, 1.82) is 0 Å². The fourth-order valence-electron chi connectivity index (χ4n) is 4.09. The highest BCUT2D eigenvalue weighted by Crippen LogP contribution is 2.22. The van der Waals surface area contributed by atoms with E-state index < -0.39 is 0 Å². The zero-order valence-electron chi connectivity index (χ0n) is 19.4. The predicted molar refractivity (Wildman–Crippen MR) is 142 cm³/mol. The largest absolute Gasteiger partial charge is 0.195 e. The number of isothiocyanates is 1. The van der Waals surface area contributed by atoms with Gasteiger partial charge in [-0.25, -0.2) is 0 Å². The third kappa shape index (κ3) is 8.19. The molecule has 0 saturated heterocycles. The summed E-state index contributed by atoms with van der Waals surface area (Å²) in [4.78, 5) is 4.01. The molecule has 0 N–H and O–H groups in total. The van der Waals surface area contributed by atoms with Gasteiger partial charge >= 0.3 is 0 Å². The minimum Gasteiger partial charge on any atom is -0.195 e. The molecule has 0 aliphatic rings. The van der Waals surface area contributed by atoms with Crippen molar-refractivity contribution in [3.05, 3.63) is 89.5 Å². The van der Waals surface area contributed by atoms with Crippen LogP contribution in [0.5, 0.6) is 0 Å². The van der Waals surface area contributed by atoms with Gasteiger partial charge in [-0.15, -0.1) is 0 Å². The van der Waals surface area contributed by atoms with E-state index >= 15 is 0 Å². The van der Waals surface area contributed by atoms with Crippen molar-refractivity contribution < 1.29 is 0 Å². The average Bonchev–Trinajstić information content (AvgIpc) is 2.84. The zero-order chi connectivity index (χ0) is 22.4. The first-order valence-corrected chi connectivity index (χ1v) is 12.5. The standard InChI is InChI=1S/C30H35NS/c1-2-3-4-5-6-7-8-9-25-12-18-28(19-13-25)29-20-14-26(15-21-29)10-11-27-16-22-30(23-17-27)31-24-32/h12-23H,2-11H2,1H3. The van der Waals surface area contributed by atoms with Crippen molar-refractivity contribution >= 4 is 23.1 Å². The highest BCUT2D eigenvalue weighted by Gasteiger charge is 2.01. The molecule has 0 aliphatic carbocycles. The molecule has 2 heteroatoms. The lowest BCUT2D eigenvalue weighted by Gasteiger charge is -2.07. The van der Waals surface area contributed by atoms with Gasteiger partial charge in [0.2, 0.25) is 0 Å². The quantitative estimate of drug-likeness (QED) is 0.146. The van der Waals surface area contributed by atoms with Crippen LogP contribution in [0, 0.1) is 0 Å². The number of thiocarbonyl (C=S) groups is 1. The molecule has 0 aromatic heterocycles. The second-order valence-electron chi connectivity index (χ2n) is 8.63. The third-order valence-electron chi connectivity index (χ3n) is 6.12. The summed E-state index contributed by atoms with van der Waals surface area (Å²) in [6, 6.07) is 26.4. The number of benzene rings is 3. The van der Waals surface area contributed by atoms with Gasteiger partial charge < -0.3 is 0 Å². The fourth-order valence-corrected chi connectivity index (χ4v) is 4.20. The fraction of sp³-hybridized carbons (Fsp3) is 0.367. The number of unbranched alkanes of at least 4 members (excludes halogenated alkanes) is 6. The lowest BCUT2D eigenvalue weighted by molar-refractivity contribution is 0.589. The van der Waals surface area contributed by atoms with E-state index in [0.29, 0.717) is 0 Å². The second kappa shape index (κ2) is 13.8. The highest BCUT2D eigenvalue weighted by molar-refractivity contribution is 7.78. The summed E-state index contributed by atoms with van der Waals surface area (Å²) in [5.41, 5.74) is 7.59. The summed E-state index contributed by atoms with van der Waals surface area (Å²) in [5, 5.41) is 2.41. The Bertz CT molecular complexity index is 965.